The smallest absolute Gasteiger partial charge is 0.299 e. The number of nitro benzene ring substituents is 2. The van der Waals surface area contributed by atoms with Gasteiger partial charge >= 0.3 is 0 Å². The molecule has 108 valence electrons. The molecule has 0 aliphatic rings. The molecule has 0 heterocycles. The minimum Gasteiger partial charge on any atom is -0.508 e. The van der Waals surface area contributed by atoms with Crippen molar-refractivity contribution < 1.29 is 15.0 Å². The van der Waals surface area contributed by atoms with Crippen LogP contribution in [0.4, 0.5) is 17.1 Å². The Balaban J connectivity index is 2.26. The third kappa shape index (κ3) is 3.24. The van der Waals surface area contributed by atoms with Crippen LogP contribution in [0.15, 0.2) is 42.5 Å². The van der Waals surface area contributed by atoms with Crippen molar-refractivity contribution in [3.8, 4) is 5.75 Å². The molecule has 2 aromatic carbocycles. The Morgan fingerprint density at radius 2 is 1.76 bits per heavy atom. The van der Waals surface area contributed by atoms with Gasteiger partial charge in [-0.3, -0.25) is 20.2 Å². The van der Waals surface area contributed by atoms with Gasteiger partial charge in [0.1, 0.15) is 11.4 Å². The SMILES string of the molecule is O=[N+]([O-])c1ccc(NCc2ccccc2O)c([N+](=O)[O-])c1. The number of non-ortho nitro benzene ring substituents is 1. The van der Waals surface area contributed by atoms with Crippen molar-refractivity contribution in [3.05, 3.63) is 68.3 Å². The Bertz CT molecular complexity index is 702. The van der Waals surface area contributed by atoms with Gasteiger partial charge in [0.05, 0.1) is 15.9 Å². The molecular formula is C13H11N3O5. The zero-order valence-electron chi connectivity index (χ0n) is 10.7. The lowest BCUT2D eigenvalue weighted by atomic mass is 10.2. The largest absolute Gasteiger partial charge is 0.508 e. The number of phenols is 1. The van der Waals surface area contributed by atoms with Gasteiger partial charge in [0.2, 0.25) is 0 Å². The Kier molecular flexibility index (Phi) is 3.98. The number of phenolic OH excluding ortho intramolecular Hbond substituents is 1. The predicted molar refractivity (Wildman–Crippen MR) is 75.2 cm³/mol. The van der Waals surface area contributed by atoms with Gasteiger partial charge in [-0.1, -0.05) is 18.2 Å². The second kappa shape index (κ2) is 5.87. The summed E-state index contributed by atoms with van der Waals surface area (Å²) in [6.45, 7) is 0.158. The summed E-state index contributed by atoms with van der Waals surface area (Å²) in [6, 6.07) is 9.90. The molecule has 8 nitrogen and oxygen atoms in total. The number of aromatic hydroxyl groups is 1. The Morgan fingerprint density at radius 1 is 1.05 bits per heavy atom. The summed E-state index contributed by atoms with van der Waals surface area (Å²) >= 11 is 0. The molecule has 0 saturated heterocycles. The molecule has 0 amide bonds. The fraction of sp³-hybridized carbons (Fsp3) is 0.0769. The predicted octanol–water partition coefficient (Wildman–Crippen LogP) is 2.82. The van der Waals surface area contributed by atoms with Crippen molar-refractivity contribution in [2.24, 2.45) is 0 Å². The van der Waals surface area contributed by atoms with Crippen molar-refractivity contribution >= 4 is 17.1 Å². The number of benzene rings is 2. The molecule has 8 heteroatoms. The minimum atomic E-state index is -0.695. The topological polar surface area (TPSA) is 119 Å². The first-order valence-electron chi connectivity index (χ1n) is 5.92. The normalized spacial score (nSPS) is 10.1. The van der Waals surface area contributed by atoms with Crippen molar-refractivity contribution in [2.45, 2.75) is 6.54 Å². The Hall–Kier alpha value is -3.16. The van der Waals surface area contributed by atoms with Crippen LogP contribution >= 0.6 is 0 Å². The summed E-state index contributed by atoms with van der Waals surface area (Å²) in [5, 5.41) is 34.0. The van der Waals surface area contributed by atoms with Gasteiger partial charge in [0.25, 0.3) is 11.4 Å². The highest BCUT2D eigenvalue weighted by Crippen LogP contribution is 2.29. The number of rotatable bonds is 5. The van der Waals surface area contributed by atoms with E-state index < -0.39 is 9.85 Å². The molecule has 0 saturated carbocycles. The first-order chi connectivity index (χ1) is 9.99. The van der Waals surface area contributed by atoms with E-state index in [1.165, 1.54) is 18.2 Å². The zero-order valence-corrected chi connectivity index (χ0v) is 10.7. The lowest BCUT2D eigenvalue weighted by molar-refractivity contribution is -0.393. The lowest BCUT2D eigenvalue weighted by Crippen LogP contribution is -2.03. The fourth-order valence-corrected chi connectivity index (χ4v) is 1.78. The van der Waals surface area contributed by atoms with Crippen LogP contribution < -0.4 is 5.32 Å². The average molecular weight is 289 g/mol. The maximum absolute atomic E-state index is 11.0. The van der Waals surface area contributed by atoms with E-state index in [1.807, 2.05) is 0 Å². The first-order valence-corrected chi connectivity index (χ1v) is 5.92. The highest BCUT2D eigenvalue weighted by atomic mass is 16.6. The second-order valence-corrected chi connectivity index (χ2v) is 4.20. The van der Waals surface area contributed by atoms with Crippen LogP contribution in [0.2, 0.25) is 0 Å². The molecule has 0 bridgehead atoms. The summed E-state index contributed by atoms with van der Waals surface area (Å²) in [5.41, 5.74) is -0.0339. The average Bonchev–Trinajstić information content (AvgIpc) is 2.46. The number of hydrogen-bond acceptors (Lipinski definition) is 6. The van der Waals surface area contributed by atoms with E-state index in [0.29, 0.717) is 5.56 Å². The molecule has 0 aliphatic carbocycles. The number of nitro groups is 2. The Labute approximate surface area is 119 Å². The number of anilines is 1. The molecule has 0 spiro atoms. The van der Waals surface area contributed by atoms with Gasteiger partial charge in [0, 0.05) is 18.2 Å². The molecule has 0 radical (unpaired) electrons. The van der Waals surface area contributed by atoms with Crippen molar-refractivity contribution in [3.63, 3.8) is 0 Å². The van der Waals surface area contributed by atoms with Crippen LogP contribution in [-0.4, -0.2) is 15.0 Å². The molecular weight excluding hydrogens is 278 g/mol. The van der Waals surface area contributed by atoms with E-state index in [1.54, 1.807) is 18.2 Å². The zero-order chi connectivity index (χ0) is 15.4. The van der Waals surface area contributed by atoms with Crippen molar-refractivity contribution in [1.29, 1.82) is 0 Å². The monoisotopic (exact) mass is 289 g/mol. The number of nitrogens with zero attached hydrogens (tertiary/aromatic N) is 2. The summed E-state index contributed by atoms with van der Waals surface area (Å²) in [7, 11) is 0. The quantitative estimate of drug-likeness (QED) is 0.645. The summed E-state index contributed by atoms with van der Waals surface area (Å²) < 4.78 is 0. The summed E-state index contributed by atoms with van der Waals surface area (Å²) in [6.07, 6.45) is 0. The van der Waals surface area contributed by atoms with E-state index in [0.717, 1.165) is 6.07 Å². The lowest BCUT2D eigenvalue weighted by Gasteiger charge is -2.08. The van der Waals surface area contributed by atoms with Gasteiger partial charge in [-0.2, -0.15) is 0 Å². The van der Waals surface area contributed by atoms with E-state index in [2.05, 4.69) is 5.32 Å². The van der Waals surface area contributed by atoms with Crippen LogP contribution in [0, 0.1) is 20.2 Å². The van der Waals surface area contributed by atoms with Gasteiger partial charge in [0.15, 0.2) is 0 Å². The highest BCUT2D eigenvalue weighted by molar-refractivity contribution is 5.65. The molecule has 2 rings (SSSR count). The van der Waals surface area contributed by atoms with Crippen LogP contribution in [0.5, 0.6) is 5.75 Å². The van der Waals surface area contributed by atoms with E-state index in [-0.39, 0.29) is 29.4 Å². The molecule has 0 unspecified atom stereocenters. The maximum atomic E-state index is 11.0. The first kappa shape index (κ1) is 14.3. The van der Waals surface area contributed by atoms with E-state index in [4.69, 9.17) is 0 Å². The summed E-state index contributed by atoms with van der Waals surface area (Å²) in [5.74, 6) is 0.0644. The van der Waals surface area contributed by atoms with Crippen molar-refractivity contribution in [2.75, 3.05) is 5.32 Å². The molecule has 0 fully saturated rings. The number of para-hydroxylation sites is 1. The molecule has 0 atom stereocenters. The minimum absolute atomic E-state index is 0.0644. The van der Waals surface area contributed by atoms with Gasteiger partial charge in [-0.25, -0.2) is 0 Å². The highest BCUT2D eigenvalue weighted by Gasteiger charge is 2.19. The molecule has 21 heavy (non-hydrogen) atoms. The van der Waals surface area contributed by atoms with Crippen LogP contribution in [0.25, 0.3) is 0 Å². The van der Waals surface area contributed by atoms with E-state index >= 15 is 0 Å². The summed E-state index contributed by atoms with van der Waals surface area (Å²) in [4.78, 5) is 20.2. The number of nitrogens with one attached hydrogen (secondary N) is 1. The maximum Gasteiger partial charge on any atom is 0.299 e. The third-order valence-electron chi connectivity index (χ3n) is 2.85. The third-order valence-corrected chi connectivity index (χ3v) is 2.85. The Morgan fingerprint density at radius 3 is 2.38 bits per heavy atom. The van der Waals surface area contributed by atoms with Crippen LogP contribution in [0.1, 0.15) is 5.56 Å². The van der Waals surface area contributed by atoms with Gasteiger partial charge in [-0.15, -0.1) is 0 Å². The van der Waals surface area contributed by atoms with Crippen molar-refractivity contribution in [1.82, 2.24) is 0 Å². The standard InChI is InChI=1S/C13H11N3O5/c17-13-4-2-1-3-9(13)8-14-11-6-5-10(15(18)19)7-12(11)16(20)21/h1-7,14,17H,8H2. The van der Waals surface area contributed by atoms with Gasteiger partial charge < -0.3 is 10.4 Å². The molecule has 0 aromatic heterocycles. The molecule has 2 N–H and O–H groups in total. The van der Waals surface area contributed by atoms with Gasteiger partial charge in [-0.05, 0) is 12.1 Å². The van der Waals surface area contributed by atoms with Crippen LogP contribution in [-0.2, 0) is 6.54 Å². The van der Waals surface area contributed by atoms with E-state index in [9.17, 15) is 25.3 Å². The molecule has 2 aromatic rings. The number of hydrogen-bond donors (Lipinski definition) is 2. The molecule has 0 aliphatic heterocycles. The van der Waals surface area contributed by atoms with Crippen LogP contribution in [0.3, 0.4) is 0 Å². The second-order valence-electron chi connectivity index (χ2n) is 4.20. The fourth-order valence-electron chi connectivity index (χ4n) is 1.78.